The number of phenols is 2. The summed E-state index contributed by atoms with van der Waals surface area (Å²) in [5, 5.41) is 22.7. The molecular formula is C12H17NO2. The lowest BCUT2D eigenvalue weighted by Gasteiger charge is -2.24. The Morgan fingerprint density at radius 1 is 1.20 bits per heavy atom. The van der Waals surface area contributed by atoms with E-state index < -0.39 is 0 Å². The highest BCUT2D eigenvalue weighted by Gasteiger charge is 2.16. The number of benzene rings is 1. The lowest BCUT2D eigenvalue weighted by Crippen LogP contribution is -2.35. The summed E-state index contributed by atoms with van der Waals surface area (Å²) in [6, 6.07) is 5.29. The molecule has 0 amide bonds. The van der Waals surface area contributed by atoms with Crippen LogP contribution in [0.2, 0.25) is 0 Å². The monoisotopic (exact) mass is 207 g/mol. The molecule has 0 aliphatic carbocycles. The average molecular weight is 207 g/mol. The topological polar surface area (TPSA) is 52.5 Å². The molecule has 3 N–H and O–H groups in total. The van der Waals surface area contributed by atoms with Gasteiger partial charge in [-0.05, 0) is 37.9 Å². The van der Waals surface area contributed by atoms with Gasteiger partial charge in [0.1, 0.15) is 11.5 Å². The Morgan fingerprint density at radius 2 is 1.93 bits per heavy atom. The highest BCUT2D eigenvalue weighted by Crippen LogP contribution is 2.28. The Bertz CT molecular complexity index is 312. The Kier molecular flexibility index (Phi) is 3.11. The van der Waals surface area contributed by atoms with Gasteiger partial charge in [0.25, 0.3) is 0 Å². The van der Waals surface area contributed by atoms with E-state index in [-0.39, 0.29) is 11.5 Å². The van der Waals surface area contributed by atoms with Crippen LogP contribution >= 0.6 is 0 Å². The van der Waals surface area contributed by atoms with Crippen molar-refractivity contribution in [1.82, 2.24) is 5.32 Å². The molecule has 82 valence electrons. The zero-order valence-electron chi connectivity index (χ0n) is 8.74. The van der Waals surface area contributed by atoms with Gasteiger partial charge in [0.15, 0.2) is 0 Å². The first kappa shape index (κ1) is 10.3. The van der Waals surface area contributed by atoms with Crippen LogP contribution in [0.3, 0.4) is 0 Å². The fraction of sp³-hybridized carbons (Fsp3) is 0.500. The van der Waals surface area contributed by atoms with E-state index in [0.717, 1.165) is 13.0 Å². The van der Waals surface area contributed by atoms with E-state index in [1.807, 2.05) is 0 Å². The summed E-state index contributed by atoms with van der Waals surface area (Å²) in [7, 11) is 0. The fourth-order valence-electron chi connectivity index (χ4n) is 2.12. The zero-order valence-corrected chi connectivity index (χ0v) is 8.74. The molecule has 1 saturated heterocycles. The Labute approximate surface area is 89.8 Å². The van der Waals surface area contributed by atoms with Crippen molar-refractivity contribution in [2.24, 2.45) is 0 Å². The van der Waals surface area contributed by atoms with Crippen LogP contribution in [-0.2, 0) is 6.42 Å². The maximum Gasteiger partial charge on any atom is 0.122 e. The molecule has 1 aliphatic rings. The number of piperidine rings is 1. The Balaban J connectivity index is 2.09. The summed E-state index contributed by atoms with van der Waals surface area (Å²) < 4.78 is 0. The normalized spacial score (nSPS) is 21.5. The van der Waals surface area contributed by atoms with Gasteiger partial charge < -0.3 is 15.5 Å². The Morgan fingerprint density at radius 3 is 2.53 bits per heavy atom. The van der Waals surface area contributed by atoms with Crippen LogP contribution in [0.4, 0.5) is 0 Å². The summed E-state index contributed by atoms with van der Waals surface area (Å²) in [5.41, 5.74) is 0.664. The van der Waals surface area contributed by atoms with Crippen LogP contribution in [0, 0.1) is 0 Å². The Hall–Kier alpha value is -1.22. The molecule has 3 heteroatoms. The summed E-state index contributed by atoms with van der Waals surface area (Å²) in [6.45, 7) is 1.04. The predicted octanol–water partition coefficient (Wildman–Crippen LogP) is 1.78. The molecule has 1 aromatic carbocycles. The molecule has 2 rings (SSSR count). The summed E-state index contributed by atoms with van der Waals surface area (Å²) in [6.07, 6.45) is 4.28. The second kappa shape index (κ2) is 4.53. The van der Waals surface area contributed by atoms with E-state index in [4.69, 9.17) is 0 Å². The molecule has 1 unspecified atom stereocenters. The van der Waals surface area contributed by atoms with Crippen molar-refractivity contribution in [3.05, 3.63) is 23.8 Å². The van der Waals surface area contributed by atoms with Crippen LogP contribution in [0.5, 0.6) is 11.5 Å². The van der Waals surface area contributed by atoms with Crippen molar-refractivity contribution in [2.45, 2.75) is 31.7 Å². The van der Waals surface area contributed by atoms with Crippen molar-refractivity contribution in [3.63, 3.8) is 0 Å². The van der Waals surface area contributed by atoms with Crippen molar-refractivity contribution >= 4 is 0 Å². The molecule has 0 bridgehead atoms. The molecule has 0 aromatic heterocycles. The van der Waals surface area contributed by atoms with Gasteiger partial charge >= 0.3 is 0 Å². The fourth-order valence-corrected chi connectivity index (χ4v) is 2.12. The smallest absolute Gasteiger partial charge is 0.122 e. The van der Waals surface area contributed by atoms with Gasteiger partial charge in [0.2, 0.25) is 0 Å². The number of nitrogens with one attached hydrogen (secondary N) is 1. The first-order valence-electron chi connectivity index (χ1n) is 5.50. The molecular weight excluding hydrogens is 190 g/mol. The number of aromatic hydroxyl groups is 2. The predicted molar refractivity (Wildman–Crippen MR) is 59.1 cm³/mol. The number of rotatable bonds is 2. The molecule has 1 atom stereocenters. The largest absolute Gasteiger partial charge is 0.508 e. The average Bonchev–Trinajstić information content (AvgIpc) is 2.25. The van der Waals surface area contributed by atoms with Crippen molar-refractivity contribution in [1.29, 1.82) is 0 Å². The number of phenolic OH excluding ortho intramolecular Hbond substituents is 2. The van der Waals surface area contributed by atoms with Crippen LogP contribution in [0.15, 0.2) is 18.2 Å². The highest BCUT2D eigenvalue weighted by molar-refractivity contribution is 5.43. The zero-order chi connectivity index (χ0) is 10.7. The third kappa shape index (κ3) is 2.42. The summed E-state index contributed by atoms with van der Waals surface area (Å²) >= 11 is 0. The van der Waals surface area contributed by atoms with Gasteiger partial charge in [-0.15, -0.1) is 0 Å². The minimum absolute atomic E-state index is 0.197. The minimum Gasteiger partial charge on any atom is -0.508 e. The first-order valence-corrected chi connectivity index (χ1v) is 5.50. The summed E-state index contributed by atoms with van der Waals surface area (Å²) in [5.74, 6) is 0.393. The SMILES string of the molecule is Oc1cccc(O)c1CC1CCCCN1. The van der Waals surface area contributed by atoms with Crippen LogP contribution < -0.4 is 5.32 Å². The maximum atomic E-state index is 9.63. The molecule has 0 radical (unpaired) electrons. The van der Waals surface area contributed by atoms with Crippen molar-refractivity contribution in [2.75, 3.05) is 6.54 Å². The van der Waals surface area contributed by atoms with E-state index in [2.05, 4.69) is 5.32 Å². The van der Waals surface area contributed by atoms with Gasteiger partial charge in [-0.25, -0.2) is 0 Å². The van der Waals surface area contributed by atoms with E-state index in [9.17, 15) is 10.2 Å². The standard InChI is InChI=1S/C12H17NO2/c14-11-5-3-6-12(15)10(11)8-9-4-1-2-7-13-9/h3,5-6,9,13-15H,1-2,4,7-8H2. The summed E-state index contributed by atoms with van der Waals surface area (Å²) in [4.78, 5) is 0. The molecule has 1 fully saturated rings. The van der Waals surface area contributed by atoms with Crippen LogP contribution in [-0.4, -0.2) is 22.8 Å². The van der Waals surface area contributed by atoms with E-state index in [0.29, 0.717) is 18.0 Å². The molecule has 1 heterocycles. The van der Waals surface area contributed by atoms with E-state index >= 15 is 0 Å². The van der Waals surface area contributed by atoms with Gasteiger partial charge in [-0.2, -0.15) is 0 Å². The van der Waals surface area contributed by atoms with Crippen molar-refractivity contribution < 1.29 is 10.2 Å². The van der Waals surface area contributed by atoms with Gasteiger partial charge in [-0.1, -0.05) is 12.5 Å². The van der Waals surface area contributed by atoms with Crippen molar-refractivity contribution in [3.8, 4) is 11.5 Å². The number of hydrogen-bond acceptors (Lipinski definition) is 3. The molecule has 0 saturated carbocycles. The molecule has 3 nitrogen and oxygen atoms in total. The van der Waals surface area contributed by atoms with E-state index in [1.54, 1.807) is 18.2 Å². The molecule has 1 aliphatic heterocycles. The highest BCUT2D eigenvalue weighted by atomic mass is 16.3. The number of hydrogen-bond donors (Lipinski definition) is 3. The lowest BCUT2D eigenvalue weighted by atomic mass is 9.97. The van der Waals surface area contributed by atoms with Gasteiger partial charge in [0, 0.05) is 11.6 Å². The molecule has 0 spiro atoms. The third-order valence-electron chi connectivity index (χ3n) is 2.99. The minimum atomic E-state index is 0.197. The second-order valence-corrected chi connectivity index (χ2v) is 4.13. The molecule has 1 aromatic rings. The van der Waals surface area contributed by atoms with Crippen LogP contribution in [0.25, 0.3) is 0 Å². The van der Waals surface area contributed by atoms with Crippen LogP contribution in [0.1, 0.15) is 24.8 Å². The second-order valence-electron chi connectivity index (χ2n) is 4.13. The quantitative estimate of drug-likeness (QED) is 0.693. The third-order valence-corrected chi connectivity index (χ3v) is 2.99. The van der Waals surface area contributed by atoms with Gasteiger partial charge in [-0.3, -0.25) is 0 Å². The lowest BCUT2D eigenvalue weighted by molar-refractivity contribution is 0.381. The molecule has 15 heavy (non-hydrogen) atoms. The maximum absolute atomic E-state index is 9.63. The first-order chi connectivity index (χ1) is 7.27. The van der Waals surface area contributed by atoms with E-state index in [1.165, 1.54) is 12.8 Å². The van der Waals surface area contributed by atoms with Gasteiger partial charge in [0.05, 0.1) is 0 Å².